The first kappa shape index (κ1) is 55.4. The van der Waals surface area contributed by atoms with Crippen LogP contribution in [-0.2, 0) is 28.6 Å². The molecule has 0 aliphatic heterocycles. The van der Waals surface area contributed by atoms with Crippen molar-refractivity contribution in [1.82, 2.24) is 0 Å². The monoisotopic (exact) mass is 807 g/mol. The lowest BCUT2D eigenvalue weighted by Gasteiger charge is -2.18. The molecule has 57 heavy (non-hydrogen) atoms. The van der Waals surface area contributed by atoms with Crippen LogP contribution in [0.1, 0.15) is 279 Å². The summed E-state index contributed by atoms with van der Waals surface area (Å²) in [5.74, 6) is 0.858. The first-order chi connectivity index (χ1) is 27.8. The summed E-state index contributed by atoms with van der Waals surface area (Å²) in [4.78, 5) is 37.7. The number of unbranched alkanes of at least 4 members (excludes halogenated alkanes) is 28. The van der Waals surface area contributed by atoms with E-state index in [2.05, 4.69) is 34.6 Å². The minimum Gasteiger partial charge on any atom is -0.462 e. The third kappa shape index (κ3) is 42.3. The molecule has 0 heterocycles. The van der Waals surface area contributed by atoms with Gasteiger partial charge < -0.3 is 14.2 Å². The quantitative estimate of drug-likeness (QED) is 0.0346. The summed E-state index contributed by atoms with van der Waals surface area (Å²) in [6.07, 6.45) is 43.9. The molecule has 0 amide bonds. The summed E-state index contributed by atoms with van der Waals surface area (Å²) in [7, 11) is 0. The molecule has 0 saturated carbocycles. The zero-order valence-electron chi connectivity index (χ0n) is 39.0. The molecular weight excluding hydrogens is 709 g/mol. The molecule has 0 spiro atoms. The lowest BCUT2D eigenvalue weighted by Crippen LogP contribution is -2.30. The Labute approximate surface area is 355 Å². The average molecular weight is 807 g/mol. The van der Waals surface area contributed by atoms with Crippen molar-refractivity contribution in [2.24, 2.45) is 11.8 Å². The third-order valence-corrected chi connectivity index (χ3v) is 12.2. The van der Waals surface area contributed by atoms with E-state index < -0.39 is 6.10 Å². The van der Waals surface area contributed by atoms with Gasteiger partial charge in [0, 0.05) is 19.3 Å². The van der Waals surface area contributed by atoms with Gasteiger partial charge in [0.25, 0.3) is 0 Å². The molecule has 6 heteroatoms. The van der Waals surface area contributed by atoms with E-state index in [0.717, 1.165) is 69.6 Å². The van der Waals surface area contributed by atoms with Gasteiger partial charge in [0.15, 0.2) is 6.10 Å². The number of hydrogen-bond donors (Lipinski definition) is 0. The average Bonchev–Trinajstić information content (AvgIpc) is 3.21. The molecule has 0 radical (unpaired) electrons. The van der Waals surface area contributed by atoms with Gasteiger partial charge in [0.1, 0.15) is 13.2 Å². The number of carbonyl (C=O) groups excluding carboxylic acids is 3. The number of ether oxygens (including phenoxy) is 3. The van der Waals surface area contributed by atoms with Crippen LogP contribution in [0, 0.1) is 11.8 Å². The highest BCUT2D eigenvalue weighted by atomic mass is 16.6. The van der Waals surface area contributed by atoms with Gasteiger partial charge in [0.05, 0.1) is 0 Å². The molecule has 338 valence electrons. The fourth-order valence-electron chi connectivity index (χ4n) is 7.57. The van der Waals surface area contributed by atoms with Crippen LogP contribution < -0.4 is 0 Å². The number of hydrogen-bond acceptors (Lipinski definition) is 6. The largest absolute Gasteiger partial charge is 0.462 e. The van der Waals surface area contributed by atoms with Gasteiger partial charge in [0.2, 0.25) is 0 Å². The molecule has 0 fully saturated rings. The summed E-state index contributed by atoms with van der Waals surface area (Å²) in [6, 6.07) is 0. The van der Waals surface area contributed by atoms with Gasteiger partial charge in [-0.2, -0.15) is 0 Å². The van der Waals surface area contributed by atoms with Gasteiger partial charge in [-0.05, 0) is 31.1 Å². The van der Waals surface area contributed by atoms with Gasteiger partial charge in [-0.3, -0.25) is 14.4 Å². The molecule has 3 atom stereocenters. The predicted molar refractivity (Wildman–Crippen MR) is 243 cm³/mol. The van der Waals surface area contributed by atoms with E-state index in [1.165, 1.54) is 167 Å². The summed E-state index contributed by atoms with van der Waals surface area (Å²) in [5, 5.41) is 0. The molecule has 0 saturated heterocycles. The highest BCUT2D eigenvalue weighted by molar-refractivity contribution is 5.71. The second-order valence-electron chi connectivity index (χ2n) is 17.9. The standard InChI is InChI=1S/C51H98O6/c1-6-9-10-11-24-31-36-41-49(52)55-44-48(57-51(54)43-38-33-28-27-30-35-40-47(5)8-3)45-56-50(53)42-37-32-26-23-21-19-17-15-13-12-14-16-18-20-22-25-29-34-39-46(4)7-2/h46-48H,6-45H2,1-5H3/t46?,47?,48-/m0/s1. The lowest BCUT2D eigenvalue weighted by atomic mass is 9.99. The molecule has 0 N–H and O–H groups in total. The fraction of sp³-hybridized carbons (Fsp3) is 0.941. The Morgan fingerprint density at radius 2 is 0.614 bits per heavy atom. The van der Waals surface area contributed by atoms with Crippen molar-refractivity contribution in [2.75, 3.05) is 13.2 Å². The minimum absolute atomic E-state index is 0.0653. The lowest BCUT2D eigenvalue weighted by molar-refractivity contribution is -0.167. The fourth-order valence-corrected chi connectivity index (χ4v) is 7.57. The highest BCUT2D eigenvalue weighted by Crippen LogP contribution is 2.18. The molecule has 0 aliphatic carbocycles. The van der Waals surface area contributed by atoms with Crippen LogP contribution in [0.3, 0.4) is 0 Å². The van der Waals surface area contributed by atoms with Crippen molar-refractivity contribution >= 4 is 17.9 Å². The van der Waals surface area contributed by atoms with Crippen LogP contribution in [-0.4, -0.2) is 37.2 Å². The van der Waals surface area contributed by atoms with E-state index in [-0.39, 0.29) is 31.1 Å². The van der Waals surface area contributed by atoms with E-state index in [4.69, 9.17) is 14.2 Å². The maximum absolute atomic E-state index is 12.7. The molecule has 0 aromatic rings. The summed E-state index contributed by atoms with van der Waals surface area (Å²) in [5.41, 5.74) is 0. The minimum atomic E-state index is -0.760. The van der Waals surface area contributed by atoms with Crippen LogP contribution in [0.25, 0.3) is 0 Å². The Morgan fingerprint density at radius 3 is 0.912 bits per heavy atom. The topological polar surface area (TPSA) is 78.9 Å². The van der Waals surface area contributed by atoms with Crippen LogP contribution in [0.4, 0.5) is 0 Å². The van der Waals surface area contributed by atoms with E-state index in [1.807, 2.05) is 0 Å². The third-order valence-electron chi connectivity index (χ3n) is 12.2. The predicted octanol–water partition coefficient (Wildman–Crippen LogP) is 16.1. The highest BCUT2D eigenvalue weighted by Gasteiger charge is 2.19. The first-order valence-electron chi connectivity index (χ1n) is 25.3. The first-order valence-corrected chi connectivity index (χ1v) is 25.3. The second kappa shape index (κ2) is 44.0. The number of rotatable bonds is 45. The van der Waals surface area contributed by atoms with Gasteiger partial charge in [-0.15, -0.1) is 0 Å². The molecule has 2 unspecified atom stereocenters. The Hall–Kier alpha value is -1.59. The molecule has 0 aliphatic rings. The van der Waals surface area contributed by atoms with E-state index in [0.29, 0.717) is 19.3 Å². The zero-order chi connectivity index (χ0) is 41.9. The van der Waals surface area contributed by atoms with Crippen LogP contribution in [0.15, 0.2) is 0 Å². The normalized spacial score (nSPS) is 13.0. The van der Waals surface area contributed by atoms with Crippen molar-refractivity contribution in [1.29, 1.82) is 0 Å². The summed E-state index contributed by atoms with van der Waals surface area (Å²) in [6.45, 7) is 11.3. The molecule has 0 aromatic carbocycles. The van der Waals surface area contributed by atoms with E-state index >= 15 is 0 Å². The van der Waals surface area contributed by atoms with Gasteiger partial charge in [-0.1, -0.05) is 240 Å². The Morgan fingerprint density at radius 1 is 0.351 bits per heavy atom. The number of esters is 3. The number of carbonyl (C=O) groups is 3. The zero-order valence-corrected chi connectivity index (χ0v) is 39.0. The Bertz CT molecular complexity index is 874. The van der Waals surface area contributed by atoms with Crippen LogP contribution >= 0.6 is 0 Å². The van der Waals surface area contributed by atoms with Crippen molar-refractivity contribution in [3.63, 3.8) is 0 Å². The molecular formula is C51H98O6. The Kier molecular flexibility index (Phi) is 42.7. The van der Waals surface area contributed by atoms with Crippen LogP contribution in [0.2, 0.25) is 0 Å². The SMILES string of the molecule is CCCCCCCCCC(=O)OC[C@@H](COC(=O)CCCCCCCCCCCCCCCCCCCCC(C)CC)OC(=O)CCCCCCCCC(C)CC. The van der Waals surface area contributed by atoms with Crippen molar-refractivity contribution < 1.29 is 28.6 Å². The van der Waals surface area contributed by atoms with Crippen molar-refractivity contribution in [3.8, 4) is 0 Å². The summed E-state index contributed by atoms with van der Waals surface area (Å²) >= 11 is 0. The van der Waals surface area contributed by atoms with Crippen molar-refractivity contribution in [2.45, 2.75) is 285 Å². The Balaban J connectivity index is 4.09. The van der Waals surface area contributed by atoms with E-state index in [1.54, 1.807) is 0 Å². The maximum Gasteiger partial charge on any atom is 0.306 e. The summed E-state index contributed by atoms with van der Waals surface area (Å²) < 4.78 is 16.7. The van der Waals surface area contributed by atoms with E-state index in [9.17, 15) is 14.4 Å². The van der Waals surface area contributed by atoms with Gasteiger partial charge in [-0.25, -0.2) is 0 Å². The van der Waals surface area contributed by atoms with Crippen molar-refractivity contribution in [3.05, 3.63) is 0 Å². The second-order valence-corrected chi connectivity index (χ2v) is 17.9. The maximum atomic E-state index is 12.7. The van der Waals surface area contributed by atoms with Gasteiger partial charge >= 0.3 is 17.9 Å². The van der Waals surface area contributed by atoms with Crippen LogP contribution in [0.5, 0.6) is 0 Å². The smallest absolute Gasteiger partial charge is 0.306 e. The molecule has 0 bridgehead atoms. The molecule has 0 aromatic heterocycles. The molecule has 0 rings (SSSR count). The molecule has 6 nitrogen and oxygen atoms in total.